The number of esters is 1. The highest BCUT2D eigenvalue weighted by molar-refractivity contribution is 7.13. The van der Waals surface area contributed by atoms with Crippen LogP contribution in [0.1, 0.15) is 33.0 Å². The number of thiophene rings is 1. The van der Waals surface area contributed by atoms with Crippen molar-refractivity contribution in [2.45, 2.75) is 27.0 Å². The first-order valence-corrected chi connectivity index (χ1v) is 9.73. The Bertz CT molecular complexity index is 1080. The fourth-order valence-corrected chi connectivity index (χ4v) is 3.66. The van der Waals surface area contributed by atoms with Crippen LogP contribution in [0, 0.1) is 13.8 Å². The minimum absolute atomic E-state index is 0.0520. The van der Waals surface area contributed by atoms with E-state index in [0.717, 1.165) is 16.1 Å². The van der Waals surface area contributed by atoms with Crippen LogP contribution in [-0.2, 0) is 17.9 Å². The summed E-state index contributed by atoms with van der Waals surface area (Å²) >= 11 is 1.54. The average molecular weight is 393 g/mol. The van der Waals surface area contributed by atoms with E-state index in [2.05, 4.69) is 10.1 Å². The molecule has 0 saturated heterocycles. The Kier molecular flexibility index (Phi) is 5.08. The molecule has 0 aliphatic rings. The van der Waals surface area contributed by atoms with Crippen molar-refractivity contribution in [3.05, 3.63) is 82.3 Å². The van der Waals surface area contributed by atoms with E-state index in [9.17, 15) is 4.79 Å². The van der Waals surface area contributed by atoms with E-state index in [4.69, 9.17) is 9.15 Å². The molecule has 0 bridgehead atoms. The van der Waals surface area contributed by atoms with Gasteiger partial charge in [0.15, 0.2) is 0 Å². The van der Waals surface area contributed by atoms with Crippen LogP contribution >= 0.6 is 11.3 Å². The molecule has 0 aliphatic heterocycles. The first kappa shape index (κ1) is 18.2. The third kappa shape index (κ3) is 3.75. The second-order valence-electron chi connectivity index (χ2n) is 6.39. The molecule has 142 valence electrons. The molecule has 0 spiro atoms. The van der Waals surface area contributed by atoms with Gasteiger partial charge >= 0.3 is 5.97 Å². The minimum atomic E-state index is -0.407. The standard InChI is InChI=1S/C21H19N3O3S/c1-14-19(15(2)24(23-14)11-16-7-4-3-5-8-16)21(25)27-13-17-12-26-20(22-17)18-9-6-10-28-18/h3-10,12H,11,13H2,1-2H3. The van der Waals surface area contributed by atoms with Crippen molar-refractivity contribution in [2.24, 2.45) is 0 Å². The van der Waals surface area contributed by atoms with Crippen LogP contribution in [0.4, 0.5) is 0 Å². The predicted octanol–water partition coefficient (Wildman–Crippen LogP) is 4.62. The summed E-state index contributed by atoms with van der Waals surface area (Å²) in [5, 5.41) is 6.46. The van der Waals surface area contributed by atoms with Gasteiger partial charge in [-0.1, -0.05) is 36.4 Å². The lowest BCUT2D eigenvalue weighted by atomic mass is 10.2. The molecule has 0 unspecified atom stereocenters. The summed E-state index contributed by atoms with van der Waals surface area (Å²) in [5.74, 6) is 0.124. The molecule has 28 heavy (non-hydrogen) atoms. The number of ether oxygens (including phenoxy) is 1. The van der Waals surface area contributed by atoms with Crippen LogP contribution in [0.15, 0.2) is 58.5 Å². The van der Waals surface area contributed by atoms with Crippen molar-refractivity contribution in [2.75, 3.05) is 0 Å². The van der Waals surface area contributed by atoms with Gasteiger partial charge in [-0.05, 0) is 30.9 Å². The number of oxazole rings is 1. The Morgan fingerprint density at radius 1 is 1.18 bits per heavy atom. The van der Waals surface area contributed by atoms with Gasteiger partial charge in [0.05, 0.1) is 22.8 Å². The molecular weight excluding hydrogens is 374 g/mol. The van der Waals surface area contributed by atoms with Crippen molar-refractivity contribution in [3.8, 4) is 10.8 Å². The van der Waals surface area contributed by atoms with Crippen molar-refractivity contribution in [3.63, 3.8) is 0 Å². The molecule has 0 aliphatic carbocycles. The molecule has 6 nitrogen and oxygen atoms in total. The van der Waals surface area contributed by atoms with Gasteiger partial charge in [-0.25, -0.2) is 9.78 Å². The minimum Gasteiger partial charge on any atom is -0.455 e. The van der Waals surface area contributed by atoms with E-state index < -0.39 is 5.97 Å². The summed E-state index contributed by atoms with van der Waals surface area (Å²) < 4.78 is 12.7. The van der Waals surface area contributed by atoms with E-state index >= 15 is 0 Å². The summed E-state index contributed by atoms with van der Waals surface area (Å²) in [7, 11) is 0. The quantitative estimate of drug-likeness (QED) is 0.447. The van der Waals surface area contributed by atoms with E-state index in [1.54, 1.807) is 11.3 Å². The fourth-order valence-electron chi connectivity index (χ4n) is 3.00. The van der Waals surface area contributed by atoms with Crippen molar-refractivity contribution in [1.29, 1.82) is 0 Å². The molecule has 0 saturated carbocycles. The van der Waals surface area contributed by atoms with Crippen LogP contribution in [0.3, 0.4) is 0 Å². The summed E-state index contributed by atoms with van der Waals surface area (Å²) in [6.07, 6.45) is 1.51. The number of carbonyl (C=O) groups excluding carboxylic acids is 1. The van der Waals surface area contributed by atoms with Gasteiger partial charge in [-0.3, -0.25) is 4.68 Å². The molecule has 4 rings (SSSR count). The molecule has 4 aromatic rings. The maximum Gasteiger partial charge on any atom is 0.342 e. The first-order valence-electron chi connectivity index (χ1n) is 8.85. The zero-order valence-electron chi connectivity index (χ0n) is 15.6. The Hall–Kier alpha value is -3.19. The average Bonchev–Trinajstić information content (AvgIpc) is 3.42. The van der Waals surface area contributed by atoms with E-state index in [1.807, 2.05) is 66.4 Å². The molecule has 0 N–H and O–H groups in total. The molecule has 3 heterocycles. The second-order valence-corrected chi connectivity index (χ2v) is 7.33. The molecule has 1 aromatic carbocycles. The summed E-state index contributed by atoms with van der Waals surface area (Å²) in [5.41, 5.74) is 3.63. The predicted molar refractivity (Wildman–Crippen MR) is 106 cm³/mol. The Balaban J connectivity index is 1.45. The highest BCUT2D eigenvalue weighted by Gasteiger charge is 2.21. The Labute approximate surface area is 166 Å². The first-order chi connectivity index (χ1) is 13.6. The number of aryl methyl sites for hydroxylation is 1. The zero-order valence-corrected chi connectivity index (χ0v) is 16.4. The Morgan fingerprint density at radius 2 is 2.00 bits per heavy atom. The van der Waals surface area contributed by atoms with Gasteiger partial charge in [-0.15, -0.1) is 11.3 Å². The summed E-state index contributed by atoms with van der Waals surface area (Å²) in [4.78, 5) is 17.9. The summed E-state index contributed by atoms with van der Waals surface area (Å²) in [6, 6.07) is 13.9. The van der Waals surface area contributed by atoms with Crippen LogP contribution < -0.4 is 0 Å². The molecule has 3 aromatic heterocycles. The van der Waals surface area contributed by atoms with Gasteiger partial charge in [0.1, 0.15) is 24.1 Å². The number of hydrogen-bond acceptors (Lipinski definition) is 6. The van der Waals surface area contributed by atoms with Crippen molar-refractivity contribution < 1.29 is 13.9 Å². The number of nitrogens with zero attached hydrogens (tertiary/aromatic N) is 3. The third-order valence-corrected chi connectivity index (χ3v) is 5.25. The molecule has 0 radical (unpaired) electrons. The smallest absolute Gasteiger partial charge is 0.342 e. The highest BCUT2D eigenvalue weighted by atomic mass is 32.1. The SMILES string of the molecule is Cc1nn(Cc2ccccc2)c(C)c1C(=O)OCc1coc(-c2cccs2)n1. The fraction of sp³-hybridized carbons (Fsp3) is 0.190. The molecule has 7 heteroatoms. The monoisotopic (exact) mass is 393 g/mol. The number of aromatic nitrogens is 3. The van der Waals surface area contributed by atoms with Crippen molar-refractivity contribution >= 4 is 17.3 Å². The lowest BCUT2D eigenvalue weighted by Crippen LogP contribution is -2.09. The van der Waals surface area contributed by atoms with Gasteiger partial charge in [0.25, 0.3) is 0 Å². The van der Waals surface area contributed by atoms with Gasteiger partial charge in [-0.2, -0.15) is 5.10 Å². The molecule has 0 fully saturated rings. The number of carbonyl (C=O) groups is 1. The zero-order chi connectivity index (χ0) is 19.5. The van der Waals surface area contributed by atoms with Crippen molar-refractivity contribution in [1.82, 2.24) is 14.8 Å². The molecule has 0 atom stereocenters. The van der Waals surface area contributed by atoms with E-state index in [0.29, 0.717) is 29.4 Å². The summed E-state index contributed by atoms with van der Waals surface area (Å²) in [6.45, 7) is 4.35. The van der Waals surface area contributed by atoms with Crippen LogP contribution in [0.2, 0.25) is 0 Å². The van der Waals surface area contributed by atoms with Crippen LogP contribution in [-0.4, -0.2) is 20.7 Å². The highest BCUT2D eigenvalue weighted by Crippen LogP contribution is 2.24. The second kappa shape index (κ2) is 7.82. The van der Waals surface area contributed by atoms with Gasteiger partial charge in [0, 0.05) is 0 Å². The lowest BCUT2D eigenvalue weighted by Gasteiger charge is -2.06. The third-order valence-electron chi connectivity index (χ3n) is 4.40. The number of rotatable bonds is 6. The maximum absolute atomic E-state index is 12.6. The van der Waals surface area contributed by atoms with E-state index in [1.165, 1.54) is 6.26 Å². The van der Waals surface area contributed by atoms with Crippen LogP contribution in [0.25, 0.3) is 10.8 Å². The van der Waals surface area contributed by atoms with Gasteiger partial charge < -0.3 is 9.15 Å². The Morgan fingerprint density at radius 3 is 2.75 bits per heavy atom. The lowest BCUT2D eigenvalue weighted by molar-refractivity contribution is 0.0466. The largest absolute Gasteiger partial charge is 0.455 e. The topological polar surface area (TPSA) is 70.2 Å². The van der Waals surface area contributed by atoms with Gasteiger partial charge in [0.2, 0.25) is 5.89 Å². The van der Waals surface area contributed by atoms with E-state index in [-0.39, 0.29) is 6.61 Å². The number of benzene rings is 1. The molecular formula is C21H19N3O3S. The maximum atomic E-state index is 12.6. The normalized spacial score (nSPS) is 10.9. The van der Waals surface area contributed by atoms with Crippen LogP contribution in [0.5, 0.6) is 0 Å². The molecule has 0 amide bonds. The number of hydrogen-bond donors (Lipinski definition) is 0.